The van der Waals surface area contributed by atoms with Gasteiger partial charge in [-0.2, -0.15) is 0 Å². The van der Waals surface area contributed by atoms with E-state index in [-0.39, 0.29) is 78.0 Å². The Morgan fingerprint density at radius 2 is 1.25 bits per heavy atom. The van der Waals surface area contributed by atoms with Crippen LogP contribution < -0.4 is 0 Å². The van der Waals surface area contributed by atoms with E-state index in [1.807, 2.05) is 6.92 Å². The molecule has 0 aromatic heterocycles. The van der Waals surface area contributed by atoms with Gasteiger partial charge >= 0.3 is 17.9 Å². The van der Waals surface area contributed by atoms with Crippen molar-refractivity contribution in [2.24, 2.45) is 39.4 Å². The van der Waals surface area contributed by atoms with Gasteiger partial charge in [0.2, 0.25) is 0 Å². The lowest BCUT2D eigenvalue weighted by Gasteiger charge is -2.69. The van der Waals surface area contributed by atoms with Gasteiger partial charge < -0.3 is 19.3 Å². The number of allylic oxidation sites excluding steroid dienone is 1. The summed E-state index contributed by atoms with van der Waals surface area (Å²) in [4.78, 5) is 55.8. The minimum atomic E-state index is -1.73. The van der Waals surface area contributed by atoms with Crippen LogP contribution >= 0.6 is 69.6 Å². The summed E-state index contributed by atoms with van der Waals surface area (Å²) in [5.41, 5.74) is -0.742. The predicted molar refractivity (Wildman–Crippen MR) is 257 cm³/mol. The van der Waals surface area contributed by atoms with Gasteiger partial charge in [0, 0.05) is 39.2 Å². The van der Waals surface area contributed by atoms with Crippen LogP contribution in [0.25, 0.3) is 0 Å². The molecule has 4 aliphatic carbocycles. The third-order valence-corrected chi connectivity index (χ3v) is 17.7. The lowest BCUT2D eigenvalue weighted by molar-refractivity contribution is -0.208. The predicted octanol–water partition coefficient (Wildman–Crippen LogP) is 14.3. The number of halogens is 6. The SMILES string of the molecule is C[C@H](C[C@H](OC(=O)c1ccc(Cl)cc1Cl)[C@@H](OC(=O)c1ccc(Cl)cc1Cl)C(C)(C)O)C1=C2C[C@H](OC(=O)c3ccc(Cl)cc3Cl)[C@H]3[C@@]4(C)CCC(=O)C(C)(C)[C@@H]4CC[C@]3(C)[C@@]2(C)CC1. The number of Topliss-reactive ketones (excluding diaryl/α,β-unsaturated/α-hetero) is 1. The van der Waals surface area contributed by atoms with Crippen molar-refractivity contribution in [3.63, 3.8) is 0 Å². The monoisotopic (exact) mass is 1010 g/mol. The van der Waals surface area contributed by atoms with E-state index in [2.05, 4.69) is 34.6 Å². The average molecular weight is 1010 g/mol. The van der Waals surface area contributed by atoms with Crippen LogP contribution in [0.4, 0.5) is 0 Å². The molecule has 3 aromatic rings. The fourth-order valence-electron chi connectivity index (χ4n) is 12.7. The van der Waals surface area contributed by atoms with E-state index >= 15 is 0 Å². The molecule has 0 spiro atoms. The number of ketones is 1. The fourth-order valence-corrected chi connectivity index (χ4v) is 14.1. The Morgan fingerprint density at radius 1 is 0.738 bits per heavy atom. The molecule has 3 saturated carbocycles. The minimum absolute atomic E-state index is 0.0142. The van der Waals surface area contributed by atoms with Crippen LogP contribution in [-0.4, -0.2) is 52.7 Å². The summed E-state index contributed by atoms with van der Waals surface area (Å²) in [6.45, 7) is 16.1. The van der Waals surface area contributed by atoms with Gasteiger partial charge in [0.25, 0.3) is 0 Å². The molecule has 0 unspecified atom stereocenters. The van der Waals surface area contributed by atoms with Crippen molar-refractivity contribution in [2.45, 2.75) is 131 Å². The van der Waals surface area contributed by atoms with Crippen molar-refractivity contribution in [2.75, 3.05) is 0 Å². The lowest BCUT2D eigenvalue weighted by Crippen LogP contribution is -2.66. The van der Waals surface area contributed by atoms with Crippen LogP contribution in [0.1, 0.15) is 138 Å². The second-order valence-corrected chi connectivity index (χ2v) is 23.1. The van der Waals surface area contributed by atoms with Crippen molar-refractivity contribution in [3.8, 4) is 0 Å². The fraction of sp³-hybridized carbons (Fsp3) is 0.529. The number of aliphatic hydroxyl groups is 1. The second kappa shape index (κ2) is 18.3. The zero-order chi connectivity index (χ0) is 47.8. The molecular formula is C51H56Cl6O8. The minimum Gasteiger partial charge on any atom is -0.458 e. The Balaban J connectivity index is 1.30. The first-order chi connectivity index (χ1) is 30.2. The number of carbonyl (C=O) groups is 4. The molecule has 65 heavy (non-hydrogen) atoms. The Kier molecular flexibility index (Phi) is 14.1. The molecule has 7 rings (SSSR count). The molecule has 0 saturated heterocycles. The molecule has 4 aliphatic rings. The Morgan fingerprint density at radius 3 is 1.75 bits per heavy atom. The number of esters is 3. The van der Waals surface area contributed by atoms with Crippen molar-refractivity contribution in [1.29, 1.82) is 0 Å². The van der Waals surface area contributed by atoms with Crippen molar-refractivity contribution in [1.82, 2.24) is 0 Å². The van der Waals surface area contributed by atoms with Gasteiger partial charge in [-0.25, -0.2) is 14.4 Å². The molecule has 14 heteroatoms. The van der Waals surface area contributed by atoms with E-state index < -0.39 is 47.2 Å². The number of fused-ring (bicyclic) bond motifs is 5. The van der Waals surface area contributed by atoms with E-state index in [1.165, 1.54) is 61.9 Å². The Bertz CT molecular complexity index is 2460. The third kappa shape index (κ3) is 9.13. The van der Waals surface area contributed by atoms with Gasteiger partial charge in [-0.3, -0.25) is 4.79 Å². The highest BCUT2D eigenvalue weighted by Crippen LogP contribution is 2.74. The molecule has 1 N–H and O–H groups in total. The summed E-state index contributed by atoms with van der Waals surface area (Å²) in [5.74, 6) is -2.24. The second-order valence-electron chi connectivity index (χ2n) is 20.6. The van der Waals surface area contributed by atoms with E-state index in [0.717, 1.165) is 24.8 Å². The molecule has 3 fully saturated rings. The summed E-state index contributed by atoms with van der Waals surface area (Å²) in [6, 6.07) is 13.5. The van der Waals surface area contributed by atoms with E-state index in [9.17, 15) is 24.3 Å². The van der Waals surface area contributed by atoms with Crippen LogP contribution in [0.2, 0.25) is 30.1 Å². The normalized spacial score (nSPS) is 28.6. The number of hydrogen-bond donors (Lipinski definition) is 1. The van der Waals surface area contributed by atoms with Crippen LogP contribution in [0.5, 0.6) is 0 Å². The highest BCUT2D eigenvalue weighted by Gasteiger charge is 2.70. The first kappa shape index (κ1) is 50.1. The summed E-state index contributed by atoms with van der Waals surface area (Å²) >= 11 is 38.1. The highest BCUT2D eigenvalue weighted by molar-refractivity contribution is 6.37. The highest BCUT2D eigenvalue weighted by atomic mass is 35.5. The van der Waals surface area contributed by atoms with Crippen LogP contribution in [0, 0.1) is 39.4 Å². The largest absolute Gasteiger partial charge is 0.458 e. The summed E-state index contributed by atoms with van der Waals surface area (Å²) < 4.78 is 19.1. The van der Waals surface area contributed by atoms with Gasteiger partial charge in [-0.05, 0) is 135 Å². The molecular weight excluding hydrogens is 953 g/mol. The van der Waals surface area contributed by atoms with Gasteiger partial charge in [0.1, 0.15) is 18.0 Å². The van der Waals surface area contributed by atoms with Gasteiger partial charge in [0.05, 0.1) is 37.4 Å². The van der Waals surface area contributed by atoms with E-state index in [1.54, 1.807) is 12.1 Å². The number of hydrogen-bond acceptors (Lipinski definition) is 8. The summed E-state index contributed by atoms with van der Waals surface area (Å²) in [5, 5.41) is 13.1. The molecule has 8 nitrogen and oxygen atoms in total. The number of rotatable bonds is 11. The molecule has 0 aliphatic heterocycles. The first-order valence-corrected chi connectivity index (χ1v) is 24.5. The number of carbonyl (C=O) groups excluding carboxylic acids is 4. The Labute approximate surface area is 411 Å². The zero-order valence-corrected chi connectivity index (χ0v) is 42.4. The van der Waals surface area contributed by atoms with Crippen molar-refractivity contribution < 1.29 is 38.5 Å². The van der Waals surface area contributed by atoms with Crippen LogP contribution in [0.15, 0.2) is 65.7 Å². The molecule has 0 radical (unpaired) electrons. The summed E-state index contributed by atoms with van der Waals surface area (Å²) in [6.07, 6.45) is 1.74. The standard InChI is InChI=1S/C51H56Cl6O8/c1-26(21-39(64-45(60)32-13-10-28(53)23-36(32)56)43(48(4,5)62)65-46(61)33-14-11-29(54)24-37(33)57)30-15-19-50(7)34(30)25-38(63-44(59)31-12-9-27(52)22-35(31)55)42-49(6)18-17-41(58)47(2,3)40(49)16-20-51(42,50)8/h9-14,22-24,26,38-40,42-43,62H,15-21,25H2,1-8H3/t26-,38+,39+,40+,42+,43-,49+,50+,51+/m1/s1. The van der Waals surface area contributed by atoms with E-state index in [4.69, 9.17) is 83.8 Å². The summed E-state index contributed by atoms with van der Waals surface area (Å²) in [7, 11) is 0. The molecule has 0 bridgehead atoms. The average Bonchev–Trinajstić information content (AvgIpc) is 3.55. The first-order valence-electron chi connectivity index (χ1n) is 22.2. The Hall–Kier alpha value is -2.82. The number of ether oxygens (including phenoxy) is 3. The van der Waals surface area contributed by atoms with Crippen molar-refractivity contribution >= 4 is 93.3 Å². The molecule has 350 valence electrons. The maximum Gasteiger partial charge on any atom is 0.340 e. The maximum atomic E-state index is 14.3. The van der Waals surface area contributed by atoms with Crippen molar-refractivity contribution in [3.05, 3.63) is 113 Å². The van der Waals surface area contributed by atoms with Crippen LogP contribution in [0.3, 0.4) is 0 Å². The lowest BCUT2D eigenvalue weighted by atomic mass is 9.36. The number of benzene rings is 3. The van der Waals surface area contributed by atoms with Gasteiger partial charge in [-0.15, -0.1) is 0 Å². The van der Waals surface area contributed by atoms with Gasteiger partial charge in [-0.1, -0.05) is 122 Å². The molecule has 0 amide bonds. The molecule has 0 heterocycles. The smallest absolute Gasteiger partial charge is 0.340 e. The quantitative estimate of drug-likeness (QED) is 0.115. The van der Waals surface area contributed by atoms with Gasteiger partial charge in [0.15, 0.2) is 6.10 Å². The third-order valence-electron chi connectivity index (χ3n) is 16.0. The molecule has 3 aromatic carbocycles. The maximum absolute atomic E-state index is 14.3. The zero-order valence-electron chi connectivity index (χ0n) is 37.9. The van der Waals surface area contributed by atoms with Crippen LogP contribution in [-0.2, 0) is 19.0 Å². The van der Waals surface area contributed by atoms with E-state index in [0.29, 0.717) is 40.8 Å². The molecule has 9 atom stereocenters. The topological polar surface area (TPSA) is 116 Å².